The van der Waals surface area contributed by atoms with E-state index < -0.39 is 0 Å². The summed E-state index contributed by atoms with van der Waals surface area (Å²) in [7, 11) is 0. The van der Waals surface area contributed by atoms with Crippen LogP contribution in [0.25, 0.3) is 11.4 Å². The van der Waals surface area contributed by atoms with Gasteiger partial charge >= 0.3 is 5.97 Å². The molecule has 27 heavy (non-hydrogen) atoms. The third-order valence-electron chi connectivity index (χ3n) is 3.33. The molecule has 0 atom stereocenters. The van der Waals surface area contributed by atoms with Crippen molar-refractivity contribution >= 4 is 36.0 Å². The molecule has 2 heterocycles. The zero-order valence-corrected chi connectivity index (χ0v) is 16.1. The summed E-state index contributed by atoms with van der Waals surface area (Å²) < 4.78 is 6.14. The van der Waals surface area contributed by atoms with Gasteiger partial charge in [0.1, 0.15) is 0 Å². The molecule has 0 aliphatic carbocycles. The van der Waals surface area contributed by atoms with E-state index in [2.05, 4.69) is 15.1 Å². The highest BCUT2D eigenvalue weighted by atomic mass is 35.5. The molecule has 0 amide bonds. The monoisotopic (exact) mass is 404 g/mol. The lowest BCUT2D eigenvalue weighted by Gasteiger charge is -2.04. The Morgan fingerprint density at radius 2 is 1.93 bits per heavy atom. The van der Waals surface area contributed by atoms with Crippen LogP contribution in [0.2, 0.25) is 0 Å². The number of rotatable bonds is 6. The van der Waals surface area contributed by atoms with Gasteiger partial charge in [0.25, 0.3) is 5.91 Å². The summed E-state index contributed by atoms with van der Waals surface area (Å²) in [6.45, 7) is 2.04. The first-order chi connectivity index (χ1) is 12.7. The molecule has 1 aromatic carbocycles. The molecule has 0 N–H and O–H groups in total. The smallest absolute Gasteiger partial charge is 0.316 e. The van der Waals surface area contributed by atoms with E-state index in [0.717, 1.165) is 11.8 Å². The van der Waals surface area contributed by atoms with E-state index in [1.54, 1.807) is 55.7 Å². The number of ether oxygens (including phenoxy) is 1. The van der Waals surface area contributed by atoms with Crippen LogP contribution >= 0.6 is 24.2 Å². The molecular formula is C18H17ClN4O3S. The van der Waals surface area contributed by atoms with Crippen LogP contribution in [-0.4, -0.2) is 44.0 Å². The number of hydrogen-bond acceptors (Lipinski definition) is 7. The Bertz CT molecular complexity index is 903. The largest absolute Gasteiger partial charge is 0.465 e. The second kappa shape index (κ2) is 9.84. The normalized spacial score (nSPS) is 10.1. The molecule has 0 aliphatic rings. The number of aromatic nitrogens is 4. The minimum Gasteiger partial charge on any atom is -0.465 e. The predicted molar refractivity (Wildman–Crippen MR) is 104 cm³/mol. The molecule has 0 spiro atoms. The average Bonchev–Trinajstić information content (AvgIpc) is 3.12. The Labute approximate surface area is 166 Å². The second-order valence-corrected chi connectivity index (χ2v) is 6.08. The van der Waals surface area contributed by atoms with Crippen molar-refractivity contribution in [1.82, 2.24) is 19.7 Å². The van der Waals surface area contributed by atoms with Gasteiger partial charge in [-0.3, -0.25) is 14.6 Å². The third-order valence-corrected chi connectivity index (χ3v) is 4.24. The molecule has 3 aromatic rings. The van der Waals surface area contributed by atoms with Crippen molar-refractivity contribution in [2.45, 2.75) is 12.1 Å². The highest BCUT2D eigenvalue weighted by molar-refractivity contribution is 7.99. The van der Waals surface area contributed by atoms with E-state index in [1.165, 1.54) is 4.68 Å². The van der Waals surface area contributed by atoms with Crippen LogP contribution in [0.4, 0.5) is 0 Å². The highest BCUT2D eigenvalue weighted by Gasteiger charge is 2.20. The maximum Gasteiger partial charge on any atom is 0.316 e. The molecule has 7 nitrogen and oxygen atoms in total. The van der Waals surface area contributed by atoms with Gasteiger partial charge in [-0.2, -0.15) is 4.68 Å². The van der Waals surface area contributed by atoms with Gasteiger partial charge in [-0.25, -0.2) is 4.98 Å². The van der Waals surface area contributed by atoms with Crippen molar-refractivity contribution in [2.24, 2.45) is 0 Å². The van der Waals surface area contributed by atoms with Gasteiger partial charge in [-0.1, -0.05) is 30.0 Å². The van der Waals surface area contributed by atoms with E-state index in [1.807, 2.05) is 6.07 Å². The van der Waals surface area contributed by atoms with Crippen molar-refractivity contribution < 1.29 is 14.3 Å². The van der Waals surface area contributed by atoms with Crippen LogP contribution in [0.15, 0.2) is 60.0 Å². The average molecular weight is 405 g/mol. The number of nitrogens with zero attached hydrogens (tertiary/aromatic N) is 4. The lowest BCUT2D eigenvalue weighted by Crippen LogP contribution is -2.16. The zero-order chi connectivity index (χ0) is 18.4. The molecular weight excluding hydrogens is 388 g/mol. The number of benzene rings is 1. The fourth-order valence-electron chi connectivity index (χ4n) is 2.17. The Kier molecular flexibility index (Phi) is 7.51. The number of carbonyl (C=O) groups is 2. The maximum atomic E-state index is 12.8. The van der Waals surface area contributed by atoms with Crippen LogP contribution in [0.1, 0.15) is 17.3 Å². The van der Waals surface area contributed by atoms with E-state index in [0.29, 0.717) is 28.7 Å². The molecule has 0 saturated heterocycles. The first-order valence-corrected chi connectivity index (χ1v) is 8.93. The predicted octanol–water partition coefficient (Wildman–Crippen LogP) is 3.11. The maximum absolute atomic E-state index is 12.8. The summed E-state index contributed by atoms with van der Waals surface area (Å²) in [6, 6.07) is 12.4. The lowest BCUT2D eigenvalue weighted by atomic mass is 10.2. The van der Waals surface area contributed by atoms with Crippen molar-refractivity contribution in [3.8, 4) is 11.4 Å². The summed E-state index contributed by atoms with van der Waals surface area (Å²) in [5, 5.41) is 4.65. The molecule has 0 bridgehead atoms. The molecule has 0 saturated carbocycles. The Morgan fingerprint density at radius 3 is 2.59 bits per heavy atom. The van der Waals surface area contributed by atoms with Crippen LogP contribution < -0.4 is 0 Å². The molecule has 0 unspecified atom stereocenters. The molecule has 0 aliphatic heterocycles. The fraction of sp³-hybridized carbons (Fsp3) is 0.167. The molecule has 0 radical (unpaired) electrons. The molecule has 0 fully saturated rings. The molecule has 2 aromatic heterocycles. The molecule has 3 rings (SSSR count). The SMILES string of the molecule is CCOC(=O)CSc1nc(-c2cccnc2)nn1C(=O)c1ccccc1.Cl. The highest BCUT2D eigenvalue weighted by Crippen LogP contribution is 2.22. The fourth-order valence-corrected chi connectivity index (χ4v) is 2.90. The molecule has 9 heteroatoms. The van der Waals surface area contributed by atoms with Gasteiger partial charge in [-0.05, 0) is 31.2 Å². The van der Waals surface area contributed by atoms with E-state index in [-0.39, 0.29) is 30.0 Å². The Balaban J connectivity index is 0.00000261. The number of halogens is 1. The number of carbonyl (C=O) groups excluding carboxylic acids is 2. The summed E-state index contributed by atoms with van der Waals surface area (Å²) in [6.07, 6.45) is 3.26. The van der Waals surface area contributed by atoms with Crippen molar-refractivity contribution in [3.05, 3.63) is 60.4 Å². The quantitative estimate of drug-likeness (QED) is 0.460. The first-order valence-electron chi connectivity index (χ1n) is 7.94. The van der Waals surface area contributed by atoms with Gasteiger partial charge in [0.05, 0.1) is 12.4 Å². The summed E-state index contributed by atoms with van der Waals surface area (Å²) in [4.78, 5) is 32.9. The molecule has 140 valence electrons. The van der Waals surface area contributed by atoms with Gasteiger partial charge in [0, 0.05) is 23.5 Å². The Morgan fingerprint density at radius 1 is 1.15 bits per heavy atom. The lowest BCUT2D eigenvalue weighted by molar-refractivity contribution is -0.139. The van der Waals surface area contributed by atoms with Gasteiger partial charge < -0.3 is 4.74 Å². The minimum atomic E-state index is -0.373. The van der Waals surface area contributed by atoms with Crippen molar-refractivity contribution in [3.63, 3.8) is 0 Å². The van der Waals surface area contributed by atoms with Crippen LogP contribution in [0, 0.1) is 0 Å². The number of thioether (sulfide) groups is 1. The van der Waals surface area contributed by atoms with E-state index in [9.17, 15) is 9.59 Å². The van der Waals surface area contributed by atoms with Gasteiger partial charge in [0.2, 0.25) is 0 Å². The van der Waals surface area contributed by atoms with E-state index >= 15 is 0 Å². The van der Waals surface area contributed by atoms with Crippen molar-refractivity contribution in [1.29, 1.82) is 0 Å². The Hall–Kier alpha value is -2.71. The zero-order valence-electron chi connectivity index (χ0n) is 14.4. The van der Waals surface area contributed by atoms with Crippen LogP contribution in [0.3, 0.4) is 0 Å². The van der Waals surface area contributed by atoms with Crippen LogP contribution in [-0.2, 0) is 9.53 Å². The standard InChI is InChI=1S/C18H16N4O3S.ClH/c1-2-25-15(23)12-26-18-20-16(14-9-6-10-19-11-14)21-22(18)17(24)13-7-4-3-5-8-13;/h3-11H,2,12H2,1H3;1H. The number of esters is 1. The second-order valence-electron chi connectivity index (χ2n) is 5.14. The topological polar surface area (TPSA) is 87.0 Å². The summed E-state index contributed by atoms with van der Waals surface area (Å²) >= 11 is 1.11. The minimum absolute atomic E-state index is 0. The van der Waals surface area contributed by atoms with Crippen LogP contribution in [0.5, 0.6) is 0 Å². The number of pyridine rings is 1. The van der Waals surface area contributed by atoms with Crippen molar-refractivity contribution in [2.75, 3.05) is 12.4 Å². The number of hydrogen-bond donors (Lipinski definition) is 0. The third kappa shape index (κ3) is 5.15. The van der Waals surface area contributed by atoms with E-state index in [4.69, 9.17) is 4.74 Å². The summed E-state index contributed by atoms with van der Waals surface area (Å²) in [5.41, 5.74) is 1.17. The summed E-state index contributed by atoms with van der Waals surface area (Å²) in [5.74, 6) is -0.281. The first kappa shape index (κ1) is 20.6. The van der Waals surface area contributed by atoms with Gasteiger partial charge in [0.15, 0.2) is 11.0 Å². The van der Waals surface area contributed by atoms with Gasteiger partial charge in [-0.15, -0.1) is 17.5 Å².